The number of likely N-dealkylation sites (tertiary alicyclic amines) is 1. The minimum atomic E-state index is -3.41. The number of hydrogen-bond donors (Lipinski definition) is 0. The summed E-state index contributed by atoms with van der Waals surface area (Å²) in [5, 5.41) is 0.450. The van der Waals surface area contributed by atoms with Crippen LogP contribution in [0.5, 0.6) is 0 Å². The second kappa shape index (κ2) is 7.80. The fourth-order valence-electron chi connectivity index (χ4n) is 4.23. The smallest absolute Gasteiger partial charge is 0.257 e. The molecule has 0 aromatic heterocycles. The molecule has 0 saturated carbocycles. The van der Waals surface area contributed by atoms with Crippen LogP contribution in [0.1, 0.15) is 33.6 Å². The summed E-state index contributed by atoms with van der Waals surface area (Å²) in [4.78, 5) is 30.3. The quantitative estimate of drug-likeness (QED) is 0.661. The van der Waals surface area contributed by atoms with Crippen LogP contribution in [0, 0.1) is 5.92 Å². The molecule has 1 saturated heterocycles. The minimum absolute atomic E-state index is 0.00612. The highest BCUT2D eigenvalue weighted by Crippen LogP contribution is 2.42. The van der Waals surface area contributed by atoms with Gasteiger partial charge in [-0.2, -0.15) is 0 Å². The van der Waals surface area contributed by atoms with Gasteiger partial charge in [0.2, 0.25) is 0 Å². The molecule has 9 heteroatoms. The van der Waals surface area contributed by atoms with E-state index in [9.17, 15) is 18.0 Å². The highest BCUT2D eigenvalue weighted by Gasteiger charge is 2.34. The molecule has 7 nitrogen and oxygen atoms in total. The van der Waals surface area contributed by atoms with Crippen molar-refractivity contribution in [3.63, 3.8) is 0 Å². The van der Waals surface area contributed by atoms with E-state index in [1.807, 2.05) is 47.4 Å². The summed E-state index contributed by atoms with van der Waals surface area (Å²) in [5.74, 6) is 0.0220. The van der Waals surface area contributed by atoms with E-state index in [4.69, 9.17) is 0 Å². The van der Waals surface area contributed by atoms with Crippen molar-refractivity contribution >= 4 is 44.3 Å². The van der Waals surface area contributed by atoms with E-state index in [-0.39, 0.29) is 23.4 Å². The lowest BCUT2D eigenvalue weighted by atomic mass is 9.88. The fourth-order valence-corrected chi connectivity index (χ4v) is 6.53. The second-order valence-corrected chi connectivity index (χ2v) is 10.7. The number of fused-ring (bicyclic) bond motifs is 3. The zero-order chi connectivity index (χ0) is 21.6. The van der Waals surface area contributed by atoms with Crippen LogP contribution >= 0.6 is 11.8 Å². The number of thioether (sulfide) groups is 1. The number of nitrogens with zero attached hydrogens (tertiary/aromatic N) is 3. The largest absolute Gasteiger partial charge is 0.339 e. The Bertz CT molecular complexity index is 1190. The first-order chi connectivity index (χ1) is 14.9. The Hall–Kier alpha value is -2.65. The van der Waals surface area contributed by atoms with Gasteiger partial charge in [-0.25, -0.2) is 8.42 Å². The fraction of sp³-hybridized carbons (Fsp3) is 0.318. The Morgan fingerprint density at radius 3 is 2.45 bits per heavy atom. The molecule has 160 valence electrons. The Morgan fingerprint density at radius 1 is 0.968 bits per heavy atom. The van der Waals surface area contributed by atoms with Gasteiger partial charge in [0.25, 0.3) is 15.9 Å². The standard InChI is InChI=1S/C22H21N3O4S2/c26-20(15-4-2-1-3-5-15)16-8-10-24(11-9-16)21(27)17-6-7-18-19(14-17)30-22-23-31(28,29)13-12-25(18)22/h1-7,14,16H,8-13H2. The number of benzene rings is 2. The van der Waals surface area contributed by atoms with E-state index in [1.54, 1.807) is 11.0 Å². The van der Waals surface area contributed by atoms with Crippen molar-refractivity contribution in [2.75, 3.05) is 30.3 Å². The molecule has 2 aromatic carbocycles. The van der Waals surface area contributed by atoms with Gasteiger partial charge in [0.15, 0.2) is 11.0 Å². The summed E-state index contributed by atoms with van der Waals surface area (Å²) < 4.78 is 27.4. The van der Waals surface area contributed by atoms with Gasteiger partial charge in [-0.05, 0) is 42.8 Å². The van der Waals surface area contributed by atoms with Crippen LogP contribution in [0.15, 0.2) is 57.8 Å². The molecule has 3 heterocycles. The van der Waals surface area contributed by atoms with Crippen LogP contribution in [-0.2, 0) is 10.0 Å². The summed E-state index contributed by atoms with van der Waals surface area (Å²) in [6.07, 6.45) is 1.31. The van der Waals surface area contributed by atoms with Crippen molar-refractivity contribution in [1.29, 1.82) is 0 Å². The number of Topliss-reactive ketones (excluding diaryl/α,β-unsaturated/α-hetero) is 1. The first-order valence-corrected chi connectivity index (χ1v) is 12.6. The van der Waals surface area contributed by atoms with Crippen molar-refractivity contribution in [2.45, 2.75) is 17.7 Å². The number of carbonyl (C=O) groups excluding carboxylic acids is 2. The Kier molecular flexibility index (Phi) is 5.10. The maximum Gasteiger partial charge on any atom is 0.257 e. The molecular weight excluding hydrogens is 434 g/mol. The molecule has 0 N–H and O–H groups in total. The number of carbonyl (C=O) groups is 2. The molecule has 1 fully saturated rings. The van der Waals surface area contributed by atoms with E-state index in [1.165, 1.54) is 11.8 Å². The number of amidine groups is 1. The molecule has 1 amide bonds. The lowest BCUT2D eigenvalue weighted by Gasteiger charge is -2.31. The van der Waals surface area contributed by atoms with Crippen molar-refractivity contribution in [1.82, 2.24) is 4.90 Å². The first-order valence-electron chi connectivity index (χ1n) is 10.2. The number of ketones is 1. The minimum Gasteiger partial charge on any atom is -0.339 e. The van der Waals surface area contributed by atoms with Crippen molar-refractivity contribution in [2.24, 2.45) is 10.3 Å². The van der Waals surface area contributed by atoms with E-state index in [0.29, 0.717) is 43.2 Å². The molecule has 0 radical (unpaired) electrons. The van der Waals surface area contributed by atoms with E-state index in [2.05, 4.69) is 4.40 Å². The maximum absolute atomic E-state index is 13.1. The average Bonchev–Trinajstić information content (AvgIpc) is 3.14. The Labute approximate surface area is 185 Å². The van der Waals surface area contributed by atoms with Crippen LogP contribution in [0.25, 0.3) is 0 Å². The molecule has 5 rings (SSSR count). The maximum atomic E-state index is 13.1. The van der Waals surface area contributed by atoms with Gasteiger partial charge in [-0.1, -0.05) is 30.3 Å². The van der Waals surface area contributed by atoms with E-state index >= 15 is 0 Å². The molecule has 3 aliphatic rings. The molecule has 0 unspecified atom stereocenters. The first kappa shape index (κ1) is 20.3. The third-order valence-electron chi connectivity index (χ3n) is 5.93. The van der Waals surface area contributed by atoms with E-state index in [0.717, 1.165) is 16.1 Å². The van der Waals surface area contributed by atoms with Gasteiger partial charge < -0.3 is 9.80 Å². The number of amides is 1. The van der Waals surface area contributed by atoms with E-state index < -0.39 is 10.0 Å². The summed E-state index contributed by atoms with van der Waals surface area (Å²) in [5.41, 5.74) is 2.19. The monoisotopic (exact) mass is 455 g/mol. The number of piperidine rings is 1. The van der Waals surface area contributed by atoms with Crippen LogP contribution in [0.4, 0.5) is 5.69 Å². The molecule has 0 aliphatic carbocycles. The Balaban J connectivity index is 1.27. The van der Waals surface area contributed by atoms with Gasteiger partial charge in [-0.3, -0.25) is 9.59 Å². The number of sulfonamides is 1. The summed E-state index contributed by atoms with van der Waals surface area (Å²) in [7, 11) is -3.41. The van der Waals surface area contributed by atoms with Crippen molar-refractivity contribution in [3.05, 3.63) is 59.7 Å². The predicted octanol–water partition coefficient (Wildman–Crippen LogP) is 3.03. The molecule has 0 atom stereocenters. The third kappa shape index (κ3) is 3.87. The molecule has 31 heavy (non-hydrogen) atoms. The molecule has 0 spiro atoms. The lowest BCUT2D eigenvalue weighted by molar-refractivity contribution is 0.0650. The summed E-state index contributed by atoms with van der Waals surface area (Å²) >= 11 is 1.28. The van der Waals surface area contributed by atoms with Crippen LogP contribution in [0.3, 0.4) is 0 Å². The lowest BCUT2D eigenvalue weighted by Crippen LogP contribution is -2.40. The highest BCUT2D eigenvalue weighted by molar-refractivity contribution is 8.15. The summed E-state index contributed by atoms with van der Waals surface area (Å²) in [6.45, 7) is 1.46. The normalized spacial score (nSPS) is 20.1. The zero-order valence-corrected chi connectivity index (χ0v) is 18.4. The molecular formula is C22H21N3O4S2. The zero-order valence-electron chi connectivity index (χ0n) is 16.7. The van der Waals surface area contributed by atoms with Gasteiger partial charge in [0.05, 0.1) is 11.4 Å². The third-order valence-corrected chi connectivity index (χ3v) is 8.24. The van der Waals surface area contributed by atoms with Crippen molar-refractivity contribution in [3.8, 4) is 0 Å². The highest BCUT2D eigenvalue weighted by atomic mass is 32.2. The van der Waals surface area contributed by atoms with Crippen LogP contribution in [0.2, 0.25) is 0 Å². The molecule has 2 aromatic rings. The molecule has 3 aliphatic heterocycles. The Morgan fingerprint density at radius 2 is 1.71 bits per heavy atom. The summed E-state index contributed by atoms with van der Waals surface area (Å²) in [6, 6.07) is 14.8. The van der Waals surface area contributed by atoms with Gasteiger partial charge in [0, 0.05) is 41.6 Å². The number of hydrogen-bond acceptors (Lipinski definition) is 6. The SMILES string of the molecule is O=C(c1ccccc1)C1CCN(C(=O)c2ccc3c(c2)SC2=NS(=O)(=O)CCN23)CC1. The molecule has 0 bridgehead atoms. The topological polar surface area (TPSA) is 87.1 Å². The number of anilines is 1. The van der Waals surface area contributed by atoms with Crippen LogP contribution < -0.4 is 4.90 Å². The van der Waals surface area contributed by atoms with Crippen LogP contribution in [-0.4, -0.2) is 55.6 Å². The average molecular weight is 456 g/mol. The predicted molar refractivity (Wildman–Crippen MR) is 120 cm³/mol. The van der Waals surface area contributed by atoms with Gasteiger partial charge in [0.1, 0.15) is 0 Å². The van der Waals surface area contributed by atoms with Crippen molar-refractivity contribution < 1.29 is 18.0 Å². The number of rotatable bonds is 3. The van der Waals surface area contributed by atoms with Gasteiger partial charge in [-0.15, -0.1) is 4.40 Å². The second-order valence-electron chi connectivity index (χ2n) is 7.89. The van der Waals surface area contributed by atoms with Gasteiger partial charge >= 0.3 is 0 Å².